The fourth-order valence-electron chi connectivity index (χ4n) is 3.55. The number of aromatic nitrogens is 1. The van der Waals surface area contributed by atoms with Crippen LogP contribution in [0.1, 0.15) is 25.8 Å². The summed E-state index contributed by atoms with van der Waals surface area (Å²) in [7, 11) is 0. The van der Waals surface area contributed by atoms with Crippen molar-refractivity contribution in [1.82, 2.24) is 20.9 Å². The van der Waals surface area contributed by atoms with Crippen LogP contribution in [0.25, 0.3) is 10.9 Å². The second kappa shape index (κ2) is 12.7. The Hall–Kier alpha value is -3.97. The number of para-hydroxylation sites is 1. The van der Waals surface area contributed by atoms with Gasteiger partial charge in [0.2, 0.25) is 23.6 Å². The van der Waals surface area contributed by atoms with Gasteiger partial charge >= 0.3 is 5.97 Å². The Morgan fingerprint density at radius 1 is 0.972 bits per heavy atom. The molecule has 0 saturated heterocycles. The molecule has 2 aromatic rings. The minimum atomic E-state index is -1.49. The number of carboxylic acid groups (broad SMARTS) is 1. The van der Waals surface area contributed by atoms with E-state index in [2.05, 4.69) is 20.9 Å². The van der Waals surface area contributed by atoms with E-state index in [1.165, 1.54) is 0 Å². The molecule has 0 spiro atoms. The Bertz CT molecular complexity index is 1120. The lowest BCUT2D eigenvalue weighted by Crippen LogP contribution is -2.59. The molecule has 0 saturated carbocycles. The van der Waals surface area contributed by atoms with Crippen molar-refractivity contribution in [1.29, 1.82) is 0 Å². The zero-order valence-electron chi connectivity index (χ0n) is 20.0. The largest absolute Gasteiger partial charge is 0.480 e. The SMILES string of the molecule is CC(C)C(NC(=O)C(N)CC(N)=O)C(=O)NC(CO)C(=O)NC(Cc1c[nH]c2ccccc12)C(=O)O. The molecule has 0 aliphatic carbocycles. The third kappa shape index (κ3) is 7.52. The van der Waals surface area contributed by atoms with Crippen molar-refractivity contribution in [2.75, 3.05) is 6.61 Å². The van der Waals surface area contributed by atoms with Gasteiger partial charge in [0.15, 0.2) is 0 Å². The highest BCUT2D eigenvalue weighted by atomic mass is 16.4. The van der Waals surface area contributed by atoms with Gasteiger partial charge in [0.25, 0.3) is 0 Å². The molecule has 1 heterocycles. The third-order valence-electron chi connectivity index (χ3n) is 5.53. The normalized spacial score (nSPS) is 14.5. The minimum Gasteiger partial charge on any atom is -0.480 e. The summed E-state index contributed by atoms with van der Waals surface area (Å²) in [5.41, 5.74) is 12.1. The van der Waals surface area contributed by atoms with Gasteiger partial charge < -0.3 is 42.6 Å². The number of carbonyl (C=O) groups excluding carboxylic acids is 4. The molecule has 1 aromatic heterocycles. The lowest BCUT2D eigenvalue weighted by molar-refractivity contribution is -0.142. The number of aliphatic hydroxyl groups excluding tert-OH is 1. The Labute approximate surface area is 207 Å². The maximum absolute atomic E-state index is 12.8. The number of benzene rings is 1. The molecule has 10 N–H and O–H groups in total. The molecule has 13 heteroatoms. The number of carboxylic acids is 1. The number of amides is 4. The van der Waals surface area contributed by atoms with Gasteiger partial charge in [-0.25, -0.2) is 4.79 Å². The van der Waals surface area contributed by atoms with Gasteiger partial charge in [-0.3, -0.25) is 19.2 Å². The van der Waals surface area contributed by atoms with Crippen LogP contribution in [0.3, 0.4) is 0 Å². The zero-order valence-corrected chi connectivity index (χ0v) is 20.0. The number of nitrogens with one attached hydrogen (secondary N) is 4. The molecule has 36 heavy (non-hydrogen) atoms. The number of fused-ring (bicyclic) bond motifs is 1. The van der Waals surface area contributed by atoms with Crippen molar-refractivity contribution < 1.29 is 34.2 Å². The summed E-state index contributed by atoms with van der Waals surface area (Å²) in [6.45, 7) is 2.43. The summed E-state index contributed by atoms with van der Waals surface area (Å²) in [6, 6.07) is 2.02. The first kappa shape index (κ1) is 28.3. The predicted molar refractivity (Wildman–Crippen MR) is 129 cm³/mol. The topological polar surface area (TPSA) is 230 Å². The summed E-state index contributed by atoms with van der Waals surface area (Å²) in [4.78, 5) is 63.6. The first-order valence-electron chi connectivity index (χ1n) is 11.3. The number of aliphatic carboxylic acids is 1. The smallest absolute Gasteiger partial charge is 0.326 e. The van der Waals surface area contributed by atoms with Crippen LogP contribution in [0.15, 0.2) is 30.5 Å². The average molecular weight is 505 g/mol. The van der Waals surface area contributed by atoms with Crippen LogP contribution in [0.4, 0.5) is 0 Å². The highest BCUT2D eigenvalue weighted by molar-refractivity contribution is 5.95. The molecular weight excluding hydrogens is 472 g/mol. The van der Waals surface area contributed by atoms with Crippen LogP contribution in [0.5, 0.6) is 0 Å². The molecule has 4 amide bonds. The molecule has 13 nitrogen and oxygen atoms in total. The van der Waals surface area contributed by atoms with E-state index in [1.54, 1.807) is 26.1 Å². The monoisotopic (exact) mass is 504 g/mol. The molecular formula is C23H32N6O7. The van der Waals surface area contributed by atoms with Gasteiger partial charge in [-0.1, -0.05) is 32.0 Å². The maximum atomic E-state index is 12.8. The van der Waals surface area contributed by atoms with Crippen molar-refractivity contribution in [3.05, 3.63) is 36.0 Å². The number of aliphatic hydroxyl groups is 1. The molecule has 196 valence electrons. The van der Waals surface area contributed by atoms with E-state index in [0.717, 1.165) is 10.9 Å². The summed E-state index contributed by atoms with van der Waals surface area (Å²) in [6.07, 6.45) is 1.18. The zero-order chi connectivity index (χ0) is 27.0. The molecule has 0 aliphatic heterocycles. The van der Waals surface area contributed by atoms with Crippen molar-refractivity contribution in [2.24, 2.45) is 17.4 Å². The highest BCUT2D eigenvalue weighted by Gasteiger charge is 2.32. The van der Waals surface area contributed by atoms with Gasteiger partial charge in [0.05, 0.1) is 19.1 Å². The van der Waals surface area contributed by atoms with Crippen molar-refractivity contribution >= 4 is 40.5 Å². The van der Waals surface area contributed by atoms with Crippen LogP contribution in [0, 0.1) is 5.92 Å². The molecule has 0 radical (unpaired) electrons. The van der Waals surface area contributed by atoms with Crippen molar-refractivity contribution in [3.63, 3.8) is 0 Å². The molecule has 2 rings (SSSR count). The van der Waals surface area contributed by atoms with Gasteiger partial charge in [-0.15, -0.1) is 0 Å². The molecule has 4 unspecified atom stereocenters. The number of nitrogens with two attached hydrogens (primary N) is 2. The Balaban J connectivity index is 2.08. The predicted octanol–water partition coefficient (Wildman–Crippen LogP) is -1.90. The number of hydrogen-bond donors (Lipinski definition) is 8. The standard InChI is InChI=1S/C23H32N6O7/c1-11(2)19(29-20(32)14(24)8-18(25)31)22(34)28-17(10-30)21(33)27-16(23(35)36)7-12-9-26-15-6-4-3-5-13(12)15/h3-6,9,11,14,16-17,19,26,30H,7-8,10,24H2,1-2H3,(H2,25,31)(H,27,33)(H,28,34)(H,29,32)(H,35,36). The van der Waals surface area contributed by atoms with E-state index < -0.39 is 72.7 Å². The van der Waals surface area contributed by atoms with E-state index in [4.69, 9.17) is 11.5 Å². The molecule has 0 fully saturated rings. The van der Waals surface area contributed by atoms with Crippen LogP contribution >= 0.6 is 0 Å². The van der Waals surface area contributed by atoms with E-state index in [9.17, 15) is 34.2 Å². The number of carbonyl (C=O) groups is 5. The van der Waals surface area contributed by atoms with Crippen LogP contribution in [0.2, 0.25) is 0 Å². The first-order valence-corrected chi connectivity index (χ1v) is 11.3. The lowest BCUT2D eigenvalue weighted by Gasteiger charge is -2.26. The second-order valence-corrected chi connectivity index (χ2v) is 8.71. The van der Waals surface area contributed by atoms with E-state index in [1.807, 2.05) is 18.2 Å². The second-order valence-electron chi connectivity index (χ2n) is 8.71. The number of H-pyrrole nitrogens is 1. The van der Waals surface area contributed by atoms with Crippen LogP contribution in [-0.2, 0) is 30.4 Å². The number of hydrogen-bond acceptors (Lipinski definition) is 7. The number of primary amides is 1. The van der Waals surface area contributed by atoms with Gasteiger partial charge in [-0.05, 0) is 17.5 Å². The maximum Gasteiger partial charge on any atom is 0.326 e. The Morgan fingerprint density at radius 2 is 1.61 bits per heavy atom. The van der Waals surface area contributed by atoms with Gasteiger partial charge in [0.1, 0.15) is 18.1 Å². The average Bonchev–Trinajstić information content (AvgIpc) is 3.22. The molecule has 4 atom stereocenters. The summed E-state index contributed by atoms with van der Waals surface area (Å²) >= 11 is 0. The van der Waals surface area contributed by atoms with Gasteiger partial charge in [0, 0.05) is 23.5 Å². The first-order chi connectivity index (χ1) is 16.9. The summed E-state index contributed by atoms with van der Waals surface area (Å²) < 4.78 is 0. The van der Waals surface area contributed by atoms with E-state index in [0.29, 0.717) is 5.56 Å². The third-order valence-corrected chi connectivity index (χ3v) is 5.53. The van der Waals surface area contributed by atoms with E-state index in [-0.39, 0.29) is 6.42 Å². The van der Waals surface area contributed by atoms with Crippen molar-refractivity contribution in [2.45, 2.75) is 50.9 Å². The highest BCUT2D eigenvalue weighted by Crippen LogP contribution is 2.19. The molecule has 0 aliphatic rings. The van der Waals surface area contributed by atoms with Gasteiger partial charge in [-0.2, -0.15) is 0 Å². The summed E-state index contributed by atoms with van der Waals surface area (Å²) in [5, 5.41) is 27.2. The fraction of sp³-hybridized carbons (Fsp3) is 0.435. The lowest BCUT2D eigenvalue weighted by atomic mass is 10.0. The van der Waals surface area contributed by atoms with Crippen molar-refractivity contribution in [3.8, 4) is 0 Å². The quantitative estimate of drug-likeness (QED) is 0.153. The number of aromatic amines is 1. The Kier molecular flexibility index (Phi) is 9.93. The summed E-state index contributed by atoms with van der Waals surface area (Å²) in [5.74, 6) is -5.06. The molecule has 0 bridgehead atoms. The molecule has 1 aromatic carbocycles. The Morgan fingerprint density at radius 3 is 2.19 bits per heavy atom. The van der Waals surface area contributed by atoms with E-state index >= 15 is 0 Å². The number of rotatable bonds is 13. The van der Waals surface area contributed by atoms with Crippen LogP contribution < -0.4 is 27.4 Å². The fourth-order valence-corrected chi connectivity index (χ4v) is 3.55. The van der Waals surface area contributed by atoms with Crippen LogP contribution in [-0.4, -0.2) is 75.6 Å². The minimum absolute atomic E-state index is 0.0421.